The third-order valence-electron chi connectivity index (χ3n) is 8.79. The van der Waals surface area contributed by atoms with Gasteiger partial charge in [-0.25, -0.2) is 4.39 Å². The van der Waals surface area contributed by atoms with E-state index in [1.165, 1.54) is 11.0 Å². The number of aliphatic hydroxyl groups excluding tert-OH is 2. The Hall–Kier alpha value is -4.06. The molecule has 0 spiro atoms. The summed E-state index contributed by atoms with van der Waals surface area (Å²) in [6.45, 7) is 0.424. The van der Waals surface area contributed by atoms with Gasteiger partial charge in [0.1, 0.15) is 29.5 Å². The number of primary amides is 1. The van der Waals surface area contributed by atoms with Crippen LogP contribution < -0.4 is 5.73 Å². The highest BCUT2D eigenvalue weighted by Gasteiger charge is 2.63. The van der Waals surface area contributed by atoms with Gasteiger partial charge in [0.15, 0.2) is 11.4 Å². The lowest BCUT2D eigenvalue weighted by atomic mass is 9.58. The molecule has 2 aromatic carbocycles. The molecule has 0 fully saturated rings. The molecule has 0 aromatic heterocycles. The lowest BCUT2D eigenvalue weighted by Crippen LogP contribution is -2.63. The smallest absolute Gasteiger partial charge is 0.255 e. The Morgan fingerprint density at radius 2 is 1.74 bits per heavy atom. The van der Waals surface area contributed by atoms with E-state index in [1.54, 1.807) is 20.2 Å². The molecular formula is C31H34FN3O7. The van der Waals surface area contributed by atoms with Gasteiger partial charge < -0.3 is 26.2 Å². The fourth-order valence-electron chi connectivity index (χ4n) is 6.85. The van der Waals surface area contributed by atoms with E-state index < -0.39 is 64.7 Å². The number of hydrogen-bond donors (Lipinski definition) is 5. The first-order valence-corrected chi connectivity index (χ1v) is 13.7. The second-order valence-corrected chi connectivity index (χ2v) is 11.6. The van der Waals surface area contributed by atoms with Crippen molar-refractivity contribution in [2.45, 2.75) is 31.0 Å². The minimum absolute atomic E-state index is 0.0146. The normalized spacial score (nSPS) is 25.5. The van der Waals surface area contributed by atoms with E-state index >= 15 is 0 Å². The van der Waals surface area contributed by atoms with Crippen molar-refractivity contribution in [3.05, 3.63) is 75.8 Å². The number of amides is 1. The number of nitrogens with zero attached hydrogens (tertiary/aromatic N) is 2. The molecule has 1 unspecified atom stereocenters. The van der Waals surface area contributed by atoms with Crippen molar-refractivity contribution in [2.75, 3.05) is 34.4 Å². The molecule has 2 aromatic rings. The first-order valence-electron chi connectivity index (χ1n) is 13.7. The topological polar surface area (TPSA) is 165 Å². The van der Waals surface area contributed by atoms with Crippen LogP contribution in [0.25, 0.3) is 11.1 Å². The molecule has 0 radical (unpaired) electrons. The van der Waals surface area contributed by atoms with Gasteiger partial charge >= 0.3 is 0 Å². The molecular weight excluding hydrogens is 545 g/mol. The fraction of sp³-hybridized carbons (Fsp3) is 0.387. The molecule has 1 amide bonds. The Morgan fingerprint density at radius 1 is 1.07 bits per heavy atom. The number of aromatic hydroxyl groups is 1. The van der Waals surface area contributed by atoms with E-state index in [9.17, 15) is 39.2 Å². The van der Waals surface area contributed by atoms with Gasteiger partial charge in [0, 0.05) is 24.6 Å². The van der Waals surface area contributed by atoms with Crippen LogP contribution in [0.15, 0.2) is 59.1 Å². The van der Waals surface area contributed by atoms with E-state index in [4.69, 9.17) is 5.73 Å². The average Bonchev–Trinajstić information content (AvgIpc) is 2.91. The summed E-state index contributed by atoms with van der Waals surface area (Å²) in [4.78, 5) is 42.8. The maximum absolute atomic E-state index is 13.9. The van der Waals surface area contributed by atoms with Gasteiger partial charge in [-0.15, -0.1) is 0 Å². The molecule has 0 saturated carbocycles. The Labute approximate surface area is 242 Å². The van der Waals surface area contributed by atoms with Crippen molar-refractivity contribution in [3.63, 3.8) is 0 Å². The number of aliphatic hydroxyl groups is 3. The van der Waals surface area contributed by atoms with E-state index in [0.717, 1.165) is 11.1 Å². The summed E-state index contributed by atoms with van der Waals surface area (Å²) in [6, 6.07) is 9.62. The summed E-state index contributed by atoms with van der Waals surface area (Å²) in [5.41, 5.74) is 4.62. The number of nitrogens with two attached hydrogens (primary N) is 1. The van der Waals surface area contributed by atoms with Crippen LogP contribution in [0, 0.1) is 11.8 Å². The van der Waals surface area contributed by atoms with Gasteiger partial charge in [0.25, 0.3) is 5.91 Å². The number of rotatable bonds is 7. The minimum atomic E-state index is -2.68. The number of carbonyl (C=O) groups excluding carboxylic acids is 3. The van der Waals surface area contributed by atoms with Gasteiger partial charge in [0.2, 0.25) is 5.78 Å². The molecule has 3 aliphatic carbocycles. The van der Waals surface area contributed by atoms with E-state index in [-0.39, 0.29) is 29.7 Å². The number of allylic oxidation sites excluding steroid dienone is 1. The predicted octanol–water partition coefficient (Wildman–Crippen LogP) is 2.19. The molecule has 4 atom stereocenters. The summed E-state index contributed by atoms with van der Waals surface area (Å²) in [7, 11) is 5.00. The second kappa shape index (κ2) is 10.6. The highest BCUT2D eigenvalue weighted by Crippen LogP contribution is 2.53. The number of likely N-dealkylation sites (N-methyl/N-ethyl adjacent to an activating group) is 1. The van der Waals surface area contributed by atoms with Crippen molar-refractivity contribution in [1.82, 2.24) is 9.80 Å². The van der Waals surface area contributed by atoms with Crippen LogP contribution in [0.4, 0.5) is 4.39 Å². The Morgan fingerprint density at radius 3 is 2.33 bits per heavy atom. The maximum atomic E-state index is 13.9. The second-order valence-electron chi connectivity index (χ2n) is 11.6. The number of alkyl halides is 1. The number of hydrogen-bond acceptors (Lipinski definition) is 9. The molecule has 42 heavy (non-hydrogen) atoms. The summed E-state index contributed by atoms with van der Waals surface area (Å²) in [5.74, 6) is -6.84. The number of Topliss-reactive ketones (excluding diaryl/α,β-unsaturated/α-hetero) is 2. The molecule has 10 nitrogen and oxygen atoms in total. The number of benzene rings is 2. The van der Waals surface area contributed by atoms with Crippen LogP contribution in [-0.2, 0) is 22.6 Å². The lowest BCUT2D eigenvalue weighted by Gasteiger charge is -2.50. The number of phenols is 1. The Kier molecular flexibility index (Phi) is 7.46. The quantitative estimate of drug-likeness (QED) is 0.309. The maximum Gasteiger partial charge on any atom is 0.255 e. The number of halogens is 1. The number of carbonyl (C=O) groups is 3. The van der Waals surface area contributed by atoms with E-state index in [0.29, 0.717) is 24.2 Å². The molecule has 0 aliphatic heterocycles. The van der Waals surface area contributed by atoms with E-state index in [1.807, 2.05) is 36.2 Å². The lowest BCUT2D eigenvalue weighted by molar-refractivity contribution is -0.148. The van der Waals surface area contributed by atoms with E-state index in [2.05, 4.69) is 0 Å². The predicted molar refractivity (Wildman–Crippen MR) is 151 cm³/mol. The standard InChI is InChI=1S/C31H34FN3O7/c1-34(2)25-20-13-17-12-19-18(16-6-4-15(5-7-16)14-35(3)11-10-32)8-9-21(36)23(19)26(37)22(17)28(39)31(20,42)29(40)24(27(25)38)30(33)41/h4-9,17,20,25,36,38-39,42H,10-14H2,1-3H3,(H2,33,41)/t17-,20-,25?,31-/m0/s1. The minimum Gasteiger partial charge on any atom is -0.510 e. The zero-order valence-corrected chi connectivity index (χ0v) is 23.6. The first-order chi connectivity index (χ1) is 19.8. The molecule has 11 heteroatoms. The summed E-state index contributed by atoms with van der Waals surface area (Å²) in [6.07, 6.45) is 0.208. The van der Waals surface area contributed by atoms with Gasteiger partial charge in [-0.1, -0.05) is 30.3 Å². The highest BCUT2D eigenvalue weighted by atomic mass is 19.1. The third kappa shape index (κ3) is 4.39. The van der Waals surface area contributed by atoms with Gasteiger partial charge in [-0.05, 0) is 68.2 Å². The van der Waals surface area contributed by atoms with Crippen molar-refractivity contribution >= 4 is 17.5 Å². The van der Waals surface area contributed by atoms with Crippen LogP contribution in [0.1, 0.15) is 27.9 Å². The summed E-state index contributed by atoms with van der Waals surface area (Å²) in [5, 5.41) is 44.9. The van der Waals surface area contributed by atoms with Crippen LogP contribution in [0.2, 0.25) is 0 Å². The zero-order chi connectivity index (χ0) is 30.7. The number of phenolic OH excluding ortho intramolecular Hbond substituents is 1. The monoisotopic (exact) mass is 579 g/mol. The molecule has 0 heterocycles. The van der Waals surface area contributed by atoms with Crippen molar-refractivity contribution in [2.24, 2.45) is 17.6 Å². The van der Waals surface area contributed by atoms with Crippen molar-refractivity contribution in [1.29, 1.82) is 0 Å². The molecule has 222 valence electrons. The SMILES string of the molecule is CN(CCF)Cc1ccc(-c2ccc(O)c3c2C[C@H]2C[C@H]4C(N(C)C)C(O)=C(C(N)=O)C(=O)[C@@]4(O)C(O)=C2C3=O)cc1. The number of ketones is 2. The van der Waals surface area contributed by atoms with Crippen LogP contribution in [0.5, 0.6) is 5.75 Å². The van der Waals surface area contributed by atoms with Crippen LogP contribution >= 0.6 is 0 Å². The number of fused-ring (bicyclic) bond motifs is 3. The summed E-state index contributed by atoms with van der Waals surface area (Å²) >= 11 is 0. The molecule has 6 N–H and O–H groups in total. The molecule has 0 saturated heterocycles. The molecule has 5 rings (SSSR count). The Balaban J connectivity index is 1.61. The van der Waals surface area contributed by atoms with Crippen molar-refractivity contribution < 1.29 is 39.2 Å². The largest absolute Gasteiger partial charge is 0.510 e. The first kappa shape index (κ1) is 29.4. The van der Waals surface area contributed by atoms with Gasteiger partial charge in [-0.3, -0.25) is 24.2 Å². The van der Waals surface area contributed by atoms with Gasteiger partial charge in [-0.2, -0.15) is 0 Å². The third-order valence-corrected chi connectivity index (χ3v) is 8.79. The Bertz CT molecular complexity index is 1550. The van der Waals surface area contributed by atoms with Crippen LogP contribution in [-0.4, -0.2) is 93.7 Å². The average molecular weight is 580 g/mol. The molecule has 0 bridgehead atoms. The van der Waals surface area contributed by atoms with Crippen LogP contribution in [0.3, 0.4) is 0 Å². The molecule has 3 aliphatic rings. The zero-order valence-electron chi connectivity index (χ0n) is 23.6. The fourth-order valence-corrected chi connectivity index (χ4v) is 6.85. The van der Waals surface area contributed by atoms with Crippen molar-refractivity contribution in [3.8, 4) is 16.9 Å². The highest BCUT2D eigenvalue weighted by molar-refractivity contribution is 6.24. The van der Waals surface area contributed by atoms with Gasteiger partial charge in [0.05, 0.1) is 11.6 Å². The summed E-state index contributed by atoms with van der Waals surface area (Å²) < 4.78 is 12.7.